The van der Waals surface area contributed by atoms with Crippen molar-refractivity contribution in [3.05, 3.63) is 28.8 Å². The summed E-state index contributed by atoms with van der Waals surface area (Å²) in [7, 11) is 0. The highest BCUT2D eigenvalue weighted by Crippen LogP contribution is 2.28. The van der Waals surface area contributed by atoms with E-state index in [9.17, 15) is 9.90 Å². The number of carbonyl (C=O) groups excluding carboxylic acids is 1. The normalized spacial score (nSPS) is 10.8. The van der Waals surface area contributed by atoms with Crippen molar-refractivity contribution >= 4 is 17.4 Å². The molecule has 0 aliphatic heterocycles. The molecule has 0 aliphatic rings. The number of hydrogen-bond donors (Lipinski definition) is 1. The van der Waals surface area contributed by atoms with Gasteiger partial charge in [-0.3, -0.25) is 4.79 Å². The Morgan fingerprint density at radius 1 is 1.00 bits per heavy atom. The number of para-hydroxylation sites is 1. The van der Waals surface area contributed by atoms with E-state index in [2.05, 4.69) is 6.92 Å². The number of carbonyl (C=O) groups is 1. The van der Waals surface area contributed by atoms with Gasteiger partial charge >= 0.3 is 0 Å². The molecule has 0 bridgehead atoms. The van der Waals surface area contributed by atoms with Gasteiger partial charge in [-0.25, -0.2) is 0 Å². The number of Topliss-reactive ketones (excluding diaryl/α,β-unsaturated/α-hetero) is 1. The van der Waals surface area contributed by atoms with Crippen LogP contribution in [-0.4, -0.2) is 10.9 Å². The second-order valence-electron chi connectivity index (χ2n) is 5.64. The molecule has 3 heteroatoms. The van der Waals surface area contributed by atoms with Crippen LogP contribution in [0.4, 0.5) is 0 Å². The fourth-order valence-electron chi connectivity index (χ4n) is 2.47. The van der Waals surface area contributed by atoms with Crippen molar-refractivity contribution < 1.29 is 9.90 Å². The first-order chi connectivity index (χ1) is 10.2. The molecular weight excluding hydrogens is 284 g/mol. The van der Waals surface area contributed by atoms with Crippen LogP contribution in [0.25, 0.3) is 0 Å². The standard InChI is InChI=1S/C18H27ClO2/c1-2-3-4-5-6-7-8-9-10-14-17(20)15-12-11-13-16(19)18(15)21/h11-13,21H,2-10,14H2,1H3. The number of hydrogen-bond acceptors (Lipinski definition) is 2. The van der Waals surface area contributed by atoms with Gasteiger partial charge in [-0.2, -0.15) is 0 Å². The van der Waals surface area contributed by atoms with Gasteiger partial charge in [-0.15, -0.1) is 0 Å². The maximum absolute atomic E-state index is 12.0. The number of benzene rings is 1. The molecule has 0 amide bonds. The zero-order chi connectivity index (χ0) is 15.5. The summed E-state index contributed by atoms with van der Waals surface area (Å²) in [6.45, 7) is 2.23. The summed E-state index contributed by atoms with van der Waals surface area (Å²) < 4.78 is 0. The summed E-state index contributed by atoms with van der Waals surface area (Å²) >= 11 is 5.81. The minimum absolute atomic E-state index is 0.0158. The van der Waals surface area contributed by atoms with E-state index < -0.39 is 0 Å². The Kier molecular flexibility index (Phi) is 9.16. The zero-order valence-corrected chi connectivity index (χ0v) is 13.8. The Morgan fingerprint density at radius 2 is 1.57 bits per heavy atom. The highest BCUT2D eigenvalue weighted by Gasteiger charge is 2.12. The smallest absolute Gasteiger partial charge is 0.166 e. The zero-order valence-electron chi connectivity index (χ0n) is 13.0. The molecule has 0 fully saturated rings. The van der Waals surface area contributed by atoms with Gasteiger partial charge in [0.1, 0.15) is 5.75 Å². The number of ketones is 1. The summed E-state index contributed by atoms with van der Waals surface area (Å²) in [6, 6.07) is 4.93. The molecule has 1 rings (SSSR count). The number of halogens is 1. The predicted molar refractivity (Wildman–Crippen MR) is 89.3 cm³/mol. The maximum atomic E-state index is 12.0. The molecule has 0 atom stereocenters. The molecule has 0 aliphatic carbocycles. The fraction of sp³-hybridized carbons (Fsp3) is 0.611. The van der Waals surface area contributed by atoms with Gasteiger partial charge in [0.05, 0.1) is 10.6 Å². The Balaban J connectivity index is 2.13. The van der Waals surface area contributed by atoms with Gasteiger partial charge < -0.3 is 5.11 Å². The third-order valence-electron chi connectivity index (χ3n) is 3.79. The van der Waals surface area contributed by atoms with Gasteiger partial charge in [0.15, 0.2) is 5.78 Å². The van der Waals surface area contributed by atoms with Gasteiger partial charge in [0, 0.05) is 6.42 Å². The second-order valence-corrected chi connectivity index (χ2v) is 6.04. The van der Waals surface area contributed by atoms with E-state index in [-0.39, 0.29) is 16.6 Å². The highest BCUT2D eigenvalue weighted by molar-refractivity contribution is 6.32. The maximum Gasteiger partial charge on any atom is 0.166 e. The van der Waals surface area contributed by atoms with Gasteiger partial charge in [-0.1, -0.05) is 76.0 Å². The summed E-state index contributed by atoms with van der Waals surface area (Å²) in [5.41, 5.74) is 0.349. The molecule has 0 aromatic heterocycles. The van der Waals surface area contributed by atoms with E-state index in [0.717, 1.165) is 12.8 Å². The molecule has 0 heterocycles. The van der Waals surface area contributed by atoms with Crippen molar-refractivity contribution in [3.63, 3.8) is 0 Å². The molecule has 0 spiro atoms. The Morgan fingerprint density at radius 3 is 2.19 bits per heavy atom. The molecule has 2 nitrogen and oxygen atoms in total. The molecule has 1 aromatic carbocycles. The van der Waals surface area contributed by atoms with Crippen LogP contribution in [0.1, 0.15) is 81.5 Å². The van der Waals surface area contributed by atoms with Crippen LogP contribution in [-0.2, 0) is 0 Å². The molecule has 21 heavy (non-hydrogen) atoms. The molecular formula is C18H27ClO2. The van der Waals surface area contributed by atoms with Gasteiger partial charge in [0.2, 0.25) is 0 Å². The van der Waals surface area contributed by atoms with Crippen molar-refractivity contribution in [2.24, 2.45) is 0 Å². The third kappa shape index (κ3) is 6.99. The average molecular weight is 311 g/mol. The van der Waals surface area contributed by atoms with Crippen LogP contribution in [0.2, 0.25) is 5.02 Å². The highest BCUT2D eigenvalue weighted by atomic mass is 35.5. The Bertz CT molecular complexity index is 429. The summed E-state index contributed by atoms with van der Waals surface area (Å²) in [6.07, 6.45) is 11.6. The quantitative estimate of drug-likeness (QED) is 0.393. The van der Waals surface area contributed by atoms with Crippen molar-refractivity contribution in [1.29, 1.82) is 0 Å². The monoisotopic (exact) mass is 310 g/mol. The second kappa shape index (κ2) is 10.7. The minimum Gasteiger partial charge on any atom is -0.506 e. The SMILES string of the molecule is CCCCCCCCCCCC(=O)c1cccc(Cl)c1O. The number of aromatic hydroxyl groups is 1. The summed E-state index contributed by atoms with van der Waals surface area (Å²) in [4.78, 5) is 12.0. The van der Waals surface area contributed by atoms with Crippen molar-refractivity contribution in [1.82, 2.24) is 0 Å². The third-order valence-corrected chi connectivity index (χ3v) is 4.10. The van der Waals surface area contributed by atoms with E-state index >= 15 is 0 Å². The molecule has 0 radical (unpaired) electrons. The minimum atomic E-state index is -0.0832. The molecule has 118 valence electrons. The number of rotatable bonds is 11. The van der Waals surface area contributed by atoms with E-state index in [0.29, 0.717) is 12.0 Å². The van der Waals surface area contributed by atoms with Crippen LogP contribution in [0, 0.1) is 0 Å². The van der Waals surface area contributed by atoms with E-state index in [1.165, 1.54) is 44.9 Å². The Labute approximate surface area is 133 Å². The van der Waals surface area contributed by atoms with E-state index in [4.69, 9.17) is 11.6 Å². The average Bonchev–Trinajstić information content (AvgIpc) is 2.48. The lowest BCUT2D eigenvalue weighted by atomic mass is 10.0. The van der Waals surface area contributed by atoms with Crippen molar-refractivity contribution in [2.45, 2.75) is 71.1 Å². The lowest BCUT2D eigenvalue weighted by Crippen LogP contribution is -1.99. The van der Waals surface area contributed by atoms with Crippen LogP contribution in [0.3, 0.4) is 0 Å². The molecule has 1 aromatic rings. The summed E-state index contributed by atoms with van der Waals surface area (Å²) in [5, 5.41) is 10.0. The lowest BCUT2D eigenvalue weighted by Gasteiger charge is -2.05. The predicted octanol–water partition coefficient (Wildman–Crippen LogP) is 6.15. The topological polar surface area (TPSA) is 37.3 Å². The van der Waals surface area contributed by atoms with E-state index in [1.54, 1.807) is 18.2 Å². The first-order valence-corrected chi connectivity index (χ1v) is 8.55. The first kappa shape index (κ1) is 18.0. The van der Waals surface area contributed by atoms with E-state index in [1.807, 2.05) is 0 Å². The summed E-state index contributed by atoms with van der Waals surface area (Å²) in [5.74, 6) is -0.0990. The largest absolute Gasteiger partial charge is 0.506 e. The van der Waals surface area contributed by atoms with Crippen LogP contribution in [0.5, 0.6) is 5.75 Å². The van der Waals surface area contributed by atoms with Crippen LogP contribution >= 0.6 is 11.6 Å². The van der Waals surface area contributed by atoms with Crippen LogP contribution in [0.15, 0.2) is 18.2 Å². The van der Waals surface area contributed by atoms with Gasteiger partial charge in [0.25, 0.3) is 0 Å². The van der Waals surface area contributed by atoms with Crippen molar-refractivity contribution in [3.8, 4) is 5.75 Å². The molecule has 0 unspecified atom stereocenters. The molecule has 0 saturated heterocycles. The number of phenolic OH excluding ortho intramolecular Hbond substituents is 1. The first-order valence-electron chi connectivity index (χ1n) is 8.17. The van der Waals surface area contributed by atoms with Gasteiger partial charge in [-0.05, 0) is 18.6 Å². The number of phenols is 1. The van der Waals surface area contributed by atoms with Crippen molar-refractivity contribution in [2.75, 3.05) is 0 Å². The Hall–Kier alpha value is -1.02. The van der Waals surface area contributed by atoms with Crippen LogP contribution < -0.4 is 0 Å². The number of unbranched alkanes of at least 4 members (excludes halogenated alkanes) is 8. The molecule has 1 N–H and O–H groups in total. The fourth-order valence-corrected chi connectivity index (χ4v) is 2.65. The lowest BCUT2D eigenvalue weighted by molar-refractivity contribution is 0.0976. The molecule has 0 saturated carbocycles.